The van der Waals surface area contributed by atoms with Crippen molar-refractivity contribution in [2.75, 3.05) is 6.54 Å². The molecule has 2 aliphatic rings. The lowest BCUT2D eigenvalue weighted by molar-refractivity contribution is -0.132. The maximum Gasteiger partial charge on any atom is 0.337 e. The van der Waals surface area contributed by atoms with Crippen molar-refractivity contribution in [3.8, 4) is 0 Å². The fraction of sp³-hybridized carbons (Fsp3) is 0.0714. The van der Waals surface area contributed by atoms with E-state index in [9.17, 15) is 9.90 Å². The molecule has 0 atom stereocenters. The van der Waals surface area contributed by atoms with E-state index in [2.05, 4.69) is 0 Å². The second-order valence-electron chi connectivity index (χ2n) is 4.03. The van der Waals surface area contributed by atoms with Gasteiger partial charge in [0.25, 0.3) is 0 Å². The van der Waals surface area contributed by atoms with Crippen molar-refractivity contribution >= 4 is 30.1 Å². The molecule has 3 nitrogen and oxygen atoms in total. The number of hydrogen-bond donors (Lipinski definition) is 1. The Morgan fingerprint density at radius 2 is 2.00 bits per heavy atom. The Kier molecular flexibility index (Phi) is 3.26. The Morgan fingerprint density at radius 1 is 1.22 bits per heavy atom. The minimum absolute atomic E-state index is 0. The molecule has 0 aromatic heterocycles. The summed E-state index contributed by atoms with van der Waals surface area (Å²) in [5.74, 6) is -0.883. The van der Waals surface area contributed by atoms with Crippen molar-refractivity contribution in [1.29, 1.82) is 0 Å². The molecule has 1 aromatic rings. The number of aliphatic carboxylic acids is 1. The van der Waals surface area contributed by atoms with Gasteiger partial charge in [-0.05, 0) is 17.7 Å². The van der Waals surface area contributed by atoms with Gasteiger partial charge >= 0.3 is 5.97 Å². The molecule has 0 bridgehead atoms. The molecule has 1 N–H and O–H groups in total. The van der Waals surface area contributed by atoms with Gasteiger partial charge in [-0.2, -0.15) is 0 Å². The van der Waals surface area contributed by atoms with E-state index in [0.717, 1.165) is 23.4 Å². The highest BCUT2D eigenvalue weighted by atomic mass is 35.5. The first-order valence-electron chi connectivity index (χ1n) is 5.46. The quantitative estimate of drug-likeness (QED) is 0.845. The van der Waals surface area contributed by atoms with Gasteiger partial charge in [0.05, 0.1) is 11.3 Å². The molecular formula is C14H12ClNO2. The molecule has 4 heteroatoms. The zero-order valence-electron chi connectivity index (χ0n) is 9.54. The molecule has 0 unspecified atom stereocenters. The molecule has 0 amide bonds. The molecule has 0 aliphatic carbocycles. The van der Waals surface area contributed by atoms with Crippen molar-refractivity contribution in [1.82, 2.24) is 4.90 Å². The number of hydrogen-bond acceptors (Lipinski definition) is 2. The highest BCUT2D eigenvalue weighted by Gasteiger charge is 2.24. The topological polar surface area (TPSA) is 40.5 Å². The van der Waals surface area contributed by atoms with E-state index < -0.39 is 5.97 Å². The summed E-state index contributed by atoms with van der Waals surface area (Å²) in [5.41, 5.74) is 3.19. The van der Waals surface area contributed by atoms with E-state index in [1.807, 2.05) is 47.5 Å². The van der Waals surface area contributed by atoms with Crippen LogP contribution in [0.2, 0.25) is 0 Å². The smallest absolute Gasteiger partial charge is 0.337 e. The highest BCUT2D eigenvalue weighted by molar-refractivity contribution is 6.01. The summed E-state index contributed by atoms with van der Waals surface area (Å²) in [6, 6.07) is 7.84. The molecular weight excluding hydrogens is 250 g/mol. The Labute approximate surface area is 111 Å². The third kappa shape index (κ3) is 1.83. The van der Waals surface area contributed by atoms with E-state index in [4.69, 9.17) is 0 Å². The second kappa shape index (κ2) is 4.70. The Balaban J connectivity index is 0.00000120. The van der Waals surface area contributed by atoms with Crippen molar-refractivity contribution in [3.05, 3.63) is 59.3 Å². The minimum Gasteiger partial charge on any atom is -0.478 e. The number of rotatable bonds is 1. The van der Waals surface area contributed by atoms with Crippen LogP contribution in [0.4, 0.5) is 0 Å². The van der Waals surface area contributed by atoms with E-state index in [1.54, 1.807) is 6.08 Å². The van der Waals surface area contributed by atoms with Gasteiger partial charge < -0.3 is 10.0 Å². The normalized spacial score (nSPS) is 15.9. The summed E-state index contributed by atoms with van der Waals surface area (Å²) < 4.78 is 0. The summed E-state index contributed by atoms with van der Waals surface area (Å²) in [6.07, 6.45) is 7.50. The van der Waals surface area contributed by atoms with E-state index in [0.29, 0.717) is 5.57 Å². The van der Waals surface area contributed by atoms with Crippen LogP contribution in [0.25, 0.3) is 11.8 Å². The van der Waals surface area contributed by atoms with Gasteiger partial charge in [0.15, 0.2) is 0 Å². The highest BCUT2D eigenvalue weighted by Crippen LogP contribution is 2.33. The monoisotopic (exact) mass is 261 g/mol. The first kappa shape index (κ1) is 12.5. The third-order valence-corrected chi connectivity index (χ3v) is 3.01. The molecule has 0 fully saturated rings. The SMILES string of the molecule is Cl.O=C(O)C1=C2c3ccccc3C=CN2CC=C1. The second-order valence-corrected chi connectivity index (χ2v) is 4.03. The van der Waals surface area contributed by atoms with Gasteiger partial charge in [0.2, 0.25) is 0 Å². The summed E-state index contributed by atoms with van der Waals surface area (Å²) >= 11 is 0. The molecule has 0 saturated heterocycles. The zero-order valence-corrected chi connectivity index (χ0v) is 10.4. The average molecular weight is 262 g/mol. The largest absolute Gasteiger partial charge is 0.478 e. The van der Waals surface area contributed by atoms with Gasteiger partial charge in [-0.3, -0.25) is 0 Å². The Morgan fingerprint density at radius 3 is 2.78 bits per heavy atom. The molecule has 2 heterocycles. The number of carbonyl (C=O) groups is 1. The van der Waals surface area contributed by atoms with Crippen LogP contribution in [0.5, 0.6) is 0 Å². The van der Waals surface area contributed by atoms with E-state index in [-0.39, 0.29) is 12.4 Å². The van der Waals surface area contributed by atoms with Gasteiger partial charge in [-0.25, -0.2) is 4.79 Å². The molecule has 18 heavy (non-hydrogen) atoms. The number of benzene rings is 1. The first-order valence-corrected chi connectivity index (χ1v) is 5.46. The summed E-state index contributed by atoms with van der Waals surface area (Å²) in [7, 11) is 0. The van der Waals surface area contributed by atoms with Crippen molar-refractivity contribution in [2.45, 2.75) is 0 Å². The predicted octanol–water partition coefficient (Wildman–Crippen LogP) is 2.76. The number of halogens is 1. The van der Waals surface area contributed by atoms with Crippen LogP contribution in [-0.4, -0.2) is 22.5 Å². The fourth-order valence-corrected chi connectivity index (χ4v) is 2.25. The van der Waals surface area contributed by atoms with Gasteiger partial charge in [-0.15, -0.1) is 12.4 Å². The van der Waals surface area contributed by atoms with Gasteiger partial charge in [0.1, 0.15) is 0 Å². The van der Waals surface area contributed by atoms with Crippen LogP contribution in [0.1, 0.15) is 11.1 Å². The zero-order chi connectivity index (χ0) is 11.8. The maximum atomic E-state index is 11.3. The van der Waals surface area contributed by atoms with Crippen molar-refractivity contribution < 1.29 is 9.90 Å². The minimum atomic E-state index is -0.883. The summed E-state index contributed by atoms with van der Waals surface area (Å²) in [6.45, 7) is 0.719. The molecule has 0 saturated carbocycles. The van der Waals surface area contributed by atoms with E-state index in [1.165, 1.54) is 0 Å². The van der Waals surface area contributed by atoms with Crippen LogP contribution in [-0.2, 0) is 4.79 Å². The Bertz CT molecular complexity index is 587. The van der Waals surface area contributed by atoms with Crippen LogP contribution < -0.4 is 0 Å². The van der Waals surface area contributed by atoms with Crippen molar-refractivity contribution in [3.63, 3.8) is 0 Å². The predicted molar refractivity (Wildman–Crippen MR) is 73.1 cm³/mol. The summed E-state index contributed by atoms with van der Waals surface area (Å²) in [5, 5.41) is 9.24. The third-order valence-electron chi connectivity index (χ3n) is 3.01. The first-order chi connectivity index (χ1) is 8.27. The van der Waals surface area contributed by atoms with Crippen molar-refractivity contribution in [2.24, 2.45) is 0 Å². The molecule has 1 aromatic carbocycles. The molecule has 0 spiro atoms. The van der Waals surface area contributed by atoms with Crippen LogP contribution in [0, 0.1) is 0 Å². The molecule has 3 rings (SSSR count). The molecule has 2 aliphatic heterocycles. The number of fused-ring (bicyclic) bond motifs is 3. The molecule has 0 radical (unpaired) electrons. The summed E-state index contributed by atoms with van der Waals surface area (Å²) in [4.78, 5) is 13.2. The van der Waals surface area contributed by atoms with Gasteiger partial charge in [-0.1, -0.05) is 30.3 Å². The lowest BCUT2D eigenvalue weighted by Crippen LogP contribution is -2.25. The maximum absolute atomic E-state index is 11.3. The Hall–Kier alpha value is -2.00. The fourth-order valence-electron chi connectivity index (χ4n) is 2.25. The lowest BCUT2D eigenvalue weighted by atomic mass is 9.95. The number of carboxylic acid groups (broad SMARTS) is 1. The number of nitrogens with zero attached hydrogens (tertiary/aromatic N) is 1. The number of carboxylic acids is 1. The molecule has 92 valence electrons. The van der Waals surface area contributed by atoms with Gasteiger partial charge in [0, 0.05) is 18.3 Å². The van der Waals surface area contributed by atoms with Crippen LogP contribution in [0.15, 0.2) is 48.2 Å². The average Bonchev–Trinajstić information content (AvgIpc) is 2.37. The lowest BCUT2D eigenvalue weighted by Gasteiger charge is -2.30. The van der Waals surface area contributed by atoms with Crippen LogP contribution >= 0.6 is 12.4 Å². The van der Waals surface area contributed by atoms with E-state index >= 15 is 0 Å². The van der Waals surface area contributed by atoms with Crippen LogP contribution in [0.3, 0.4) is 0 Å². The standard InChI is InChI=1S/C14H11NO2.ClH/c16-14(17)12-6-3-8-15-9-7-10-4-1-2-5-11(10)13(12)15;/h1-7,9H,8H2,(H,16,17);1H.